The topological polar surface area (TPSA) is 58.2 Å². The summed E-state index contributed by atoms with van der Waals surface area (Å²) in [7, 11) is -2.01. The molecule has 0 radical (unpaired) electrons. The molecular formula is C11H16ClF3N2O2S. The summed E-state index contributed by atoms with van der Waals surface area (Å²) in [6.45, 7) is 0.875. The summed E-state index contributed by atoms with van der Waals surface area (Å²) in [6.07, 6.45) is -3.88. The maximum atomic E-state index is 12.3. The molecule has 0 aliphatic rings. The van der Waals surface area contributed by atoms with E-state index in [2.05, 4.69) is 10.0 Å². The highest BCUT2D eigenvalue weighted by Crippen LogP contribution is 2.29. The van der Waals surface area contributed by atoms with Gasteiger partial charge in [0.05, 0.1) is 10.5 Å². The Bertz CT molecular complexity index is 503. The Morgan fingerprint density at radius 3 is 2.10 bits per heavy atom. The second-order valence-corrected chi connectivity index (χ2v) is 5.64. The molecule has 0 unspecified atom stereocenters. The molecule has 9 heteroatoms. The van der Waals surface area contributed by atoms with Crippen LogP contribution < -0.4 is 10.0 Å². The molecular weight excluding hydrogens is 317 g/mol. The third-order valence-corrected chi connectivity index (χ3v) is 3.86. The minimum atomic E-state index is -4.47. The summed E-state index contributed by atoms with van der Waals surface area (Å²) in [4.78, 5) is -0.176. The van der Waals surface area contributed by atoms with Crippen molar-refractivity contribution in [3.63, 3.8) is 0 Å². The molecule has 20 heavy (non-hydrogen) atoms. The van der Waals surface area contributed by atoms with Crippen LogP contribution in [0, 0.1) is 0 Å². The van der Waals surface area contributed by atoms with Crippen LogP contribution in [0.25, 0.3) is 0 Å². The van der Waals surface area contributed by atoms with E-state index in [1.807, 2.05) is 0 Å². The molecule has 1 rings (SSSR count). The Morgan fingerprint density at radius 1 is 1.10 bits per heavy atom. The Kier molecular flexibility index (Phi) is 7.50. The number of hydrogen-bond donors (Lipinski definition) is 2. The Hall–Kier alpha value is -0.830. The van der Waals surface area contributed by atoms with Crippen molar-refractivity contribution in [3.8, 4) is 0 Å². The second-order valence-electron chi connectivity index (χ2n) is 3.88. The monoisotopic (exact) mass is 332 g/mol. The molecule has 116 valence electrons. The Morgan fingerprint density at radius 2 is 1.65 bits per heavy atom. The predicted octanol–water partition coefficient (Wildman–Crippen LogP) is 2.02. The number of hydrogen-bond acceptors (Lipinski definition) is 3. The van der Waals surface area contributed by atoms with E-state index in [1.165, 1.54) is 0 Å². The molecule has 0 aromatic heterocycles. The summed E-state index contributed by atoms with van der Waals surface area (Å²) in [6, 6.07) is 3.40. The predicted molar refractivity (Wildman–Crippen MR) is 72.4 cm³/mol. The van der Waals surface area contributed by atoms with Gasteiger partial charge in [0, 0.05) is 6.54 Å². The summed E-state index contributed by atoms with van der Waals surface area (Å²) >= 11 is 0. The number of halogens is 4. The summed E-state index contributed by atoms with van der Waals surface area (Å²) in [5, 5.41) is 2.86. The van der Waals surface area contributed by atoms with Gasteiger partial charge in [0.15, 0.2) is 0 Å². The van der Waals surface area contributed by atoms with E-state index in [0.717, 1.165) is 24.3 Å². The molecule has 0 aliphatic carbocycles. The number of nitrogens with one attached hydrogen (secondary N) is 2. The second kappa shape index (κ2) is 7.82. The molecule has 1 aromatic rings. The average molecular weight is 333 g/mol. The fraction of sp³-hybridized carbons (Fsp3) is 0.455. The molecule has 0 aliphatic heterocycles. The average Bonchev–Trinajstić information content (AvgIpc) is 2.34. The number of sulfonamides is 1. The van der Waals surface area contributed by atoms with E-state index in [-0.39, 0.29) is 23.8 Å². The maximum absolute atomic E-state index is 12.3. The highest BCUT2D eigenvalue weighted by Gasteiger charge is 2.30. The molecule has 0 heterocycles. The van der Waals surface area contributed by atoms with Gasteiger partial charge in [-0.15, -0.1) is 12.4 Å². The van der Waals surface area contributed by atoms with E-state index in [9.17, 15) is 21.6 Å². The van der Waals surface area contributed by atoms with Gasteiger partial charge in [-0.3, -0.25) is 0 Å². The normalized spacial score (nSPS) is 12.0. The van der Waals surface area contributed by atoms with Crippen LogP contribution in [0.5, 0.6) is 0 Å². The van der Waals surface area contributed by atoms with Gasteiger partial charge in [0.2, 0.25) is 10.0 Å². The minimum absolute atomic E-state index is 0. The van der Waals surface area contributed by atoms with Gasteiger partial charge < -0.3 is 5.32 Å². The van der Waals surface area contributed by atoms with Crippen LogP contribution in [0.2, 0.25) is 0 Å². The zero-order chi connectivity index (χ0) is 14.5. The van der Waals surface area contributed by atoms with Crippen molar-refractivity contribution in [3.05, 3.63) is 29.8 Å². The largest absolute Gasteiger partial charge is 0.416 e. The van der Waals surface area contributed by atoms with Gasteiger partial charge in [-0.2, -0.15) is 13.2 Å². The fourth-order valence-electron chi connectivity index (χ4n) is 1.38. The molecule has 0 saturated carbocycles. The van der Waals surface area contributed by atoms with Crippen molar-refractivity contribution in [1.82, 2.24) is 10.0 Å². The zero-order valence-corrected chi connectivity index (χ0v) is 12.3. The van der Waals surface area contributed by atoms with Crippen LogP contribution >= 0.6 is 12.4 Å². The van der Waals surface area contributed by atoms with Crippen molar-refractivity contribution < 1.29 is 21.6 Å². The minimum Gasteiger partial charge on any atom is -0.320 e. The molecule has 4 nitrogen and oxygen atoms in total. The number of rotatable bonds is 6. The van der Waals surface area contributed by atoms with Crippen LogP contribution in [-0.4, -0.2) is 28.6 Å². The summed E-state index contributed by atoms with van der Waals surface area (Å²) < 4.78 is 62.8. The van der Waals surface area contributed by atoms with Gasteiger partial charge in [-0.25, -0.2) is 13.1 Å². The molecule has 0 amide bonds. The lowest BCUT2D eigenvalue weighted by Gasteiger charge is -2.09. The first-order valence-electron chi connectivity index (χ1n) is 5.59. The van der Waals surface area contributed by atoms with Crippen molar-refractivity contribution in [2.24, 2.45) is 0 Å². The zero-order valence-electron chi connectivity index (χ0n) is 10.7. The first-order chi connectivity index (χ1) is 8.77. The van der Waals surface area contributed by atoms with Crippen molar-refractivity contribution >= 4 is 22.4 Å². The molecule has 0 atom stereocenters. The molecule has 0 spiro atoms. The molecule has 0 saturated heterocycles. The van der Waals surface area contributed by atoms with E-state index in [4.69, 9.17) is 0 Å². The first-order valence-corrected chi connectivity index (χ1v) is 7.07. The number of benzene rings is 1. The molecule has 1 aromatic carbocycles. The molecule has 0 fully saturated rings. The van der Waals surface area contributed by atoms with E-state index in [1.54, 1.807) is 7.05 Å². The van der Waals surface area contributed by atoms with Gasteiger partial charge in [-0.05, 0) is 44.3 Å². The number of alkyl halides is 3. The van der Waals surface area contributed by atoms with Crippen LogP contribution in [-0.2, 0) is 16.2 Å². The lowest BCUT2D eigenvalue weighted by molar-refractivity contribution is -0.137. The lowest BCUT2D eigenvalue weighted by atomic mass is 10.2. The lowest BCUT2D eigenvalue weighted by Crippen LogP contribution is -2.26. The van der Waals surface area contributed by atoms with Gasteiger partial charge in [0.1, 0.15) is 0 Å². The third kappa shape index (κ3) is 5.66. The van der Waals surface area contributed by atoms with Gasteiger partial charge >= 0.3 is 6.18 Å². The van der Waals surface area contributed by atoms with Crippen LogP contribution in [0.4, 0.5) is 13.2 Å². The van der Waals surface area contributed by atoms with Gasteiger partial charge in [-0.1, -0.05) is 0 Å². The van der Waals surface area contributed by atoms with Crippen molar-refractivity contribution in [2.45, 2.75) is 17.5 Å². The summed E-state index contributed by atoms with van der Waals surface area (Å²) in [5.41, 5.74) is -0.873. The highest BCUT2D eigenvalue weighted by atomic mass is 35.5. The molecule has 0 bridgehead atoms. The van der Waals surface area contributed by atoms with Crippen molar-refractivity contribution in [1.29, 1.82) is 0 Å². The highest BCUT2D eigenvalue weighted by molar-refractivity contribution is 7.89. The van der Waals surface area contributed by atoms with E-state index in [0.29, 0.717) is 13.0 Å². The molecule has 2 N–H and O–H groups in total. The van der Waals surface area contributed by atoms with E-state index < -0.39 is 21.8 Å². The quantitative estimate of drug-likeness (QED) is 0.784. The van der Waals surface area contributed by atoms with Gasteiger partial charge in [0.25, 0.3) is 0 Å². The smallest absolute Gasteiger partial charge is 0.320 e. The van der Waals surface area contributed by atoms with Crippen molar-refractivity contribution in [2.75, 3.05) is 20.1 Å². The van der Waals surface area contributed by atoms with Crippen LogP contribution in [0.3, 0.4) is 0 Å². The van der Waals surface area contributed by atoms with Crippen LogP contribution in [0.15, 0.2) is 29.2 Å². The van der Waals surface area contributed by atoms with Crippen LogP contribution in [0.1, 0.15) is 12.0 Å². The first kappa shape index (κ1) is 19.2. The third-order valence-electron chi connectivity index (χ3n) is 2.39. The Labute approximate surface area is 122 Å². The fourth-order valence-corrected chi connectivity index (χ4v) is 2.45. The Balaban J connectivity index is 0.00000361. The maximum Gasteiger partial charge on any atom is 0.416 e. The van der Waals surface area contributed by atoms with E-state index >= 15 is 0 Å². The SMILES string of the molecule is CNCCCNS(=O)(=O)c1ccc(C(F)(F)F)cc1.Cl. The standard InChI is InChI=1S/C11H15F3N2O2S.ClH/c1-15-7-2-8-16-19(17,18)10-5-3-9(4-6-10)11(12,13)14;/h3-6,15-16H,2,7-8H2,1H3;1H. The summed E-state index contributed by atoms with van der Waals surface area (Å²) in [5.74, 6) is 0.